The van der Waals surface area contributed by atoms with Crippen LogP contribution in [0.25, 0.3) is 33.4 Å². The van der Waals surface area contributed by atoms with Crippen LogP contribution in [0.4, 0.5) is 14.6 Å². The van der Waals surface area contributed by atoms with Crippen LogP contribution in [0.3, 0.4) is 0 Å². The van der Waals surface area contributed by atoms with Gasteiger partial charge in [-0.2, -0.15) is 0 Å². The summed E-state index contributed by atoms with van der Waals surface area (Å²) in [7, 11) is 3.08. The average molecular weight is 378 g/mol. The van der Waals surface area contributed by atoms with E-state index in [9.17, 15) is 4.39 Å². The summed E-state index contributed by atoms with van der Waals surface area (Å²) >= 11 is 0. The highest BCUT2D eigenvalue weighted by Gasteiger charge is 2.17. The highest BCUT2D eigenvalue weighted by atomic mass is 19.1. The minimum absolute atomic E-state index is 0.0478. The van der Waals surface area contributed by atoms with E-state index in [1.54, 1.807) is 43.7 Å². The summed E-state index contributed by atoms with van der Waals surface area (Å²) < 4.78 is 34.2. The molecule has 4 rings (SSSR count). The number of hydrogen-bond acceptors (Lipinski definition) is 5. The number of fused-ring (bicyclic) bond motifs is 1. The fraction of sp³-hybridized carbons (Fsp3) is 0.0952. The molecule has 2 aromatic carbocycles. The predicted molar refractivity (Wildman–Crippen MR) is 104 cm³/mol. The molecule has 0 atom stereocenters. The van der Waals surface area contributed by atoms with E-state index in [0.717, 1.165) is 0 Å². The fourth-order valence-electron chi connectivity index (χ4n) is 3.03. The van der Waals surface area contributed by atoms with Crippen LogP contribution in [-0.2, 0) is 0 Å². The Hall–Kier alpha value is -3.61. The van der Waals surface area contributed by atoms with Crippen molar-refractivity contribution < 1.29 is 13.5 Å². The van der Waals surface area contributed by atoms with Crippen molar-refractivity contribution in [1.29, 1.82) is 0 Å². The molecule has 0 spiro atoms. The molecule has 2 heterocycles. The lowest BCUT2D eigenvalue weighted by molar-refractivity contribution is 0.387. The zero-order valence-electron chi connectivity index (χ0n) is 15.2. The Balaban J connectivity index is 1.95. The second kappa shape index (κ2) is 7.19. The fourth-order valence-corrected chi connectivity index (χ4v) is 3.03. The summed E-state index contributed by atoms with van der Waals surface area (Å²) in [5, 5.41) is 3.53. The van der Waals surface area contributed by atoms with Gasteiger partial charge in [-0.1, -0.05) is 12.1 Å². The Morgan fingerprint density at radius 2 is 1.86 bits per heavy atom. The van der Waals surface area contributed by atoms with Gasteiger partial charge in [0.1, 0.15) is 11.3 Å². The largest absolute Gasteiger partial charge is 0.494 e. The van der Waals surface area contributed by atoms with Crippen LogP contribution in [0.1, 0.15) is 0 Å². The third-order valence-corrected chi connectivity index (χ3v) is 4.43. The van der Waals surface area contributed by atoms with Crippen LogP contribution in [0.5, 0.6) is 5.75 Å². The minimum Gasteiger partial charge on any atom is -0.494 e. The number of ether oxygens (including phenoxy) is 1. The summed E-state index contributed by atoms with van der Waals surface area (Å²) in [6, 6.07) is 11.1. The van der Waals surface area contributed by atoms with Crippen molar-refractivity contribution in [2.75, 3.05) is 19.5 Å². The molecule has 0 saturated heterocycles. The van der Waals surface area contributed by atoms with Gasteiger partial charge in [-0.05, 0) is 35.9 Å². The van der Waals surface area contributed by atoms with Crippen molar-refractivity contribution in [3.8, 4) is 28.3 Å². The molecule has 7 heteroatoms. The number of anilines is 1. The number of nitrogens with zero attached hydrogens (tertiary/aromatic N) is 3. The number of methoxy groups -OCH3 is 1. The number of hydrogen-bond donors (Lipinski definition) is 1. The molecular weight excluding hydrogens is 362 g/mol. The predicted octanol–water partition coefficient (Wildman–Crippen LogP) is 4.69. The van der Waals surface area contributed by atoms with Crippen LogP contribution in [0.15, 0.2) is 54.9 Å². The van der Waals surface area contributed by atoms with E-state index in [2.05, 4.69) is 20.3 Å². The summed E-state index contributed by atoms with van der Waals surface area (Å²) in [6.07, 6.45) is 3.26. The van der Waals surface area contributed by atoms with E-state index in [-0.39, 0.29) is 11.3 Å². The molecule has 0 unspecified atom stereocenters. The quantitative estimate of drug-likeness (QED) is 0.558. The lowest BCUT2D eigenvalue weighted by atomic mass is 10.0. The first-order valence-electron chi connectivity index (χ1n) is 8.54. The van der Waals surface area contributed by atoms with Gasteiger partial charge in [0.05, 0.1) is 7.11 Å². The standard InChI is InChI=1S/C21H16F2N4O/c1-24-21-15-7-6-14(12-5-8-16(22)17(10-12)28-2)18(23)19(15)26-20(27-21)13-4-3-9-25-11-13/h3-11H,1-2H3,(H,24,26,27). The van der Waals surface area contributed by atoms with Gasteiger partial charge in [-0.25, -0.2) is 18.7 Å². The third kappa shape index (κ3) is 3.00. The minimum atomic E-state index is -0.518. The van der Waals surface area contributed by atoms with Gasteiger partial charge in [0.15, 0.2) is 23.2 Å². The van der Waals surface area contributed by atoms with Crippen LogP contribution < -0.4 is 10.1 Å². The van der Waals surface area contributed by atoms with Gasteiger partial charge in [0.2, 0.25) is 0 Å². The zero-order valence-corrected chi connectivity index (χ0v) is 15.2. The first kappa shape index (κ1) is 17.8. The molecule has 0 aliphatic rings. The normalized spacial score (nSPS) is 10.9. The Labute approximate surface area is 160 Å². The maximum atomic E-state index is 15.4. The maximum absolute atomic E-state index is 15.4. The first-order chi connectivity index (χ1) is 13.6. The zero-order chi connectivity index (χ0) is 19.7. The monoisotopic (exact) mass is 378 g/mol. The summed E-state index contributed by atoms with van der Waals surface area (Å²) in [6.45, 7) is 0. The van der Waals surface area contributed by atoms with Gasteiger partial charge in [0, 0.05) is 36.0 Å². The van der Waals surface area contributed by atoms with E-state index in [1.165, 1.54) is 25.3 Å². The van der Waals surface area contributed by atoms with Crippen molar-refractivity contribution >= 4 is 16.7 Å². The first-order valence-corrected chi connectivity index (χ1v) is 8.54. The molecule has 1 N–H and O–H groups in total. The van der Waals surface area contributed by atoms with Crippen LogP contribution >= 0.6 is 0 Å². The van der Waals surface area contributed by atoms with Crippen LogP contribution in [0, 0.1) is 11.6 Å². The van der Waals surface area contributed by atoms with Crippen LogP contribution in [0.2, 0.25) is 0 Å². The van der Waals surface area contributed by atoms with Crippen molar-refractivity contribution in [3.05, 3.63) is 66.5 Å². The van der Waals surface area contributed by atoms with E-state index in [4.69, 9.17) is 4.74 Å². The Morgan fingerprint density at radius 3 is 2.57 bits per heavy atom. The third-order valence-electron chi connectivity index (χ3n) is 4.43. The summed E-state index contributed by atoms with van der Waals surface area (Å²) in [4.78, 5) is 13.0. The Kier molecular flexibility index (Phi) is 4.57. The molecule has 4 aromatic rings. The molecule has 5 nitrogen and oxygen atoms in total. The van der Waals surface area contributed by atoms with Gasteiger partial charge in [-0.3, -0.25) is 4.98 Å². The van der Waals surface area contributed by atoms with E-state index in [0.29, 0.717) is 33.7 Å². The molecule has 0 amide bonds. The second-order valence-electron chi connectivity index (χ2n) is 6.06. The molecule has 0 aliphatic carbocycles. The second-order valence-corrected chi connectivity index (χ2v) is 6.06. The van der Waals surface area contributed by atoms with Crippen molar-refractivity contribution in [2.24, 2.45) is 0 Å². The number of pyridine rings is 1. The number of rotatable bonds is 4. The van der Waals surface area contributed by atoms with Gasteiger partial charge < -0.3 is 10.1 Å². The molecule has 0 aliphatic heterocycles. The van der Waals surface area contributed by atoms with E-state index >= 15 is 4.39 Å². The topological polar surface area (TPSA) is 59.9 Å². The lowest BCUT2D eigenvalue weighted by Gasteiger charge is -2.12. The molecule has 2 aromatic heterocycles. The SMILES string of the molecule is CNc1nc(-c2cccnc2)nc2c(F)c(-c3ccc(F)c(OC)c3)ccc12. The number of nitrogens with one attached hydrogen (secondary N) is 1. The van der Waals surface area contributed by atoms with Crippen LogP contribution in [-0.4, -0.2) is 29.1 Å². The molecule has 0 bridgehead atoms. The molecule has 140 valence electrons. The smallest absolute Gasteiger partial charge is 0.165 e. The Morgan fingerprint density at radius 1 is 1.00 bits per heavy atom. The molecule has 28 heavy (non-hydrogen) atoms. The highest BCUT2D eigenvalue weighted by Crippen LogP contribution is 2.34. The number of halogens is 2. The summed E-state index contributed by atoms with van der Waals surface area (Å²) in [5.41, 5.74) is 1.63. The average Bonchev–Trinajstić information content (AvgIpc) is 2.74. The van der Waals surface area contributed by atoms with E-state index < -0.39 is 11.6 Å². The molecule has 0 fully saturated rings. The Bertz CT molecular complexity index is 1170. The molecular formula is C21H16F2N4O. The number of aromatic nitrogens is 3. The molecule has 0 radical (unpaired) electrons. The van der Waals surface area contributed by atoms with E-state index in [1.807, 2.05) is 0 Å². The highest BCUT2D eigenvalue weighted by molar-refractivity contribution is 5.94. The van der Waals surface area contributed by atoms with Crippen molar-refractivity contribution in [2.45, 2.75) is 0 Å². The van der Waals surface area contributed by atoms with Crippen molar-refractivity contribution in [3.63, 3.8) is 0 Å². The van der Waals surface area contributed by atoms with Gasteiger partial charge in [0.25, 0.3) is 0 Å². The molecule has 0 saturated carbocycles. The lowest BCUT2D eigenvalue weighted by Crippen LogP contribution is -2.01. The van der Waals surface area contributed by atoms with Gasteiger partial charge >= 0.3 is 0 Å². The van der Waals surface area contributed by atoms with Crippen molar-refractivity contribution in [1.82, 2.24) is 15.0 Å². The maximum Gasteiger partial charge on any atom is 0.165 e. The summed E-state index contributed by atoms with van der Waals surface area (Å²) in [5.74, 6) is -0.114. The van der Waals surface area contributed by atoms with Gasteiger partial charge in [-0.15, -0.1) is 0 Å². The number of benzene rings is 2.